The Kier molecular flexibility index (Phi) is 10.7. The van der Waals surface area contributed by atoms with Gasteiger partial charge in [0, 0.05) is 23.3 Å². The minimum absolute atomic E-state index is 0.0468. The highest BCUT2D eigenvalue weighted by Crippen LogP contribution is 2.43. The van der Waals surface area contributed by atoms with Crippen molar-refractivity contribution < 1.29 is 32.0 Å². The van der Waals surface area contributed by atoms with Gasteiger partial charge in [-0.3, -0.25) is 14.4 Å². The number of non-ortho nitro benzene ring substituents is 1. The molecule has 47 heavy (non-hydrogen) atoms. The highest BCUT2D eigenvalue weighted by Gasteiger charge is 2.35. The fraction of sp³-hybridized carbons (Fsp3) is 0.294. The van der Waals surface area contributed by atoms with Crippen LogP contribution >= 0.6 is 11.6 Å². The van der Waals surface area contributed by atoms with E-state index in [9.17, 15) is 27.7 Å². The average molecular weight is 684 g/mol. The van der Waals surface area contributed by atoms with Crippen LogP contribution < -0.4 is 4.31 Å². The molecule has 4 aromatic rings. The summed E-state index contributed by atoms with van der Waals surface area (Å²) in [6.45, 7) is 8.27. The third-order valence-electron chi connectivity index (χ3n) is 7.20. The SMILES string of the molecule is Cc1cc(N(Cc2cc(F)cnc2Cl)S(C)(=O)=O)c(C)c([C@H](OC(C)(C)C)C(=O)OCc2ccccc2)c1-c1ccc([N+](=O)[O-])cc1. The van der Waals surface area contributed by atoms with Gasteiger partial charge in [-0.1, -0.05) is 41.9 Å². The number of aryl methyl sites for hydroxylation is 1. The van der Waals surface area contributed by atoms with Crippen LogP contribution in [0.4, 0.5) is 15.8 Å². The second kappa shape index (κ2) is 14.2. The molecule has 10 nitrogen and oxygen atoms in total. The van der Waals surface area contributed by atoms with Crippen LogP contribution in [0.1, 0.15) is 54.7 Å². The van der Waals surface area contributed by atoms with Crippen molar-refractivity contribution in [2.45, 2.75) is 59.5 Å². The van der Waals surface area contributed by atoms with Gasteiger partial charge in [0.2, 0.25) is 10.0 Å². The molecule has 1 atom stereocenters. The fourth-order valence-corrected chi connectivity index (χ4v) is 6.22. The third-order valence-corrected chi connectivity index (χ3v) is 8.67. The molecule has 3 aromatic carbocycles. The average Bonchev–Trinajstić information content (AvgIpc) is 2.99. The van der Waals surface area contributed by atoms with Crippen LogP contribution in [0.3, 0.4) is 0 Å². The number of sulfonamides is 1. The molecule has 0 aliphatic rings. The Bertz CT molecular complexity index is 1900. The van der Waals surface area contributed by atoms with Crippen LogP contribution in [0.15, 0.2) is 72.9 Å². The lowest BCUT2D eigenvalue weighted by Gasteiger charge is -2.32. The molecule has 4 rings (SSSR count). The third kappa shape index (κ3) is 8.70. The van der Waals surface area contributed by atoms with Gasteiger partial charge in [0.25, 0.3) is 5.69 Å². The van der Waals surface area contributed by atoms with E-state index in [1.165, 1.54) is 12.1 Å². The number of rotatable bonds is 11. The van der Waals surface area contributed by atoms with Crippen molar-refractivity contribution in [2.24, 2.45) is 0 Å². The molecule has 0 amide bonds. The zero-order valence-corrected chi connectivity index (χ0v) is 28.4. The Morgan fingerprint density at radius 2 is 1.72 bits per heavy atom. The Labute approximate surface area is 278 Å². The molecule has 0 fully saturated rings. The number of nitrogens with zero attached hydrogens (tertiary/aromatic N) is 3. The first-order valence-corrected chi connectivity index (χ1v) is 16.7. The molecule has 0 bridgehead atoms. The second-order valence-electron chi connectivity index (χ2n) is 12.0. The van der Waals surface area contributed by atoms with E-state index in [0.717, 1.165) is 28.4 Å². The molecule has 0 saturated carbocycles. The molecule has 248 valence electrons. The highest BCUT2D eigenvalue weighted by atomic mass is 35.5. The van der Waals surface area contributed by atoms with Gasteiger partial charge in [0.15, 0.2) is 6.10 Å². The molecule has 1 aromatic heterocycles. The summed E-state index contributed by atoms with van der Waals surface area (Å²) in [4.78, 5) is 28.7. The van der Waals surface area contributed by atoms with Gasteiger partial charge < -0.3 is 9.47 Å². The molecule has 0 spiro atoms. The molecular weight excluding hydrogens is 649 g/mol. The van der Waals surface area contributed by atoms with Crippen molar-refractivity contribution in [3.63, 3.8) is 0 Å². The van der Waals surface area contributed by atoms with Crippen molar-refractivity contribution >= 4 is 39.0 Å². The van der Waals surface area contributed by atoms with Gasteiger partial charge in [-0.25, -0.2) is 22.6 Å². The van der Waals surface area contributed by atoms with E-state index in [0.29, 0.717) is 27.8 Å². The van der Waals surface area contributed by atoms with Gasteiger partial charge in [0.05, 0.1) is 35.2 Å². The van der Waals surface area contributed by atoms with Gasteiger partial charge in [0.1, 0.15) is 17.6 Å². The summed E-state index contributed by atoms with van der Waals surface area (Å²) >= 11 is 6.24. The summed E-state index contributed by atoms with van der Waals surface area (Å²) in [5.41, 5.74) is 2.27. The minimum atomic E-state index is -4.03. The Morgan fingerprint density at radius 3 is 2.30 bits per heavy atom. The lowest BCUT2D eigenvalue weighted by molar-refractivity contribution is -0.384. The van der Waals surface area contributed by atoms with Crippen LogP contribution in [0, 0.1) is 29.8 Å². The standard InChI is InChI=1S/C34H35ClFN3O7S/c1-21-16-28(38(47(6,43)44)19-25-17-26(36)18-37-32(25)35)22(2)30(29(21)24-12-14-27(15-13-24)39(41)42)31(46-34(3,4)5)33(40)45-20-23-10-8-7-9-11-23/h7-18,31H,19-20H2,1-6H3/t31-/m0/s1. The lowest BCUT2D eigenvalue weighted by atomic mass is 9.87. The largest absolute Gasteiger partial charge is 0.459 e. The number of carbonyl (C=O) groups is 1. The monoisotopic (exact) mass is 683 g/mol. The molecule has 0 aliphatic carbocycles. The number of carbonyl (C=O) groups excluding carboxylic acids is 1. The van der Waals surface area contributed by atoms with Gasteiger partial charge in [-0.15, -0.1) is 0 Å². The first-order chi connectivity index (χ1) is 22.0. The lowest BCUT2D eigenvalue weighted by Crippen LogP contribution is -2.32. The fourth-order valence-electron chi connectivity index (χ4n) is 5.14. The van der Waals surface area contributed by atoms with Gasteiger partial charge >= 0.3 is 5.97 Å². The van der Waals surface area contributed by atoms with Crippen LogP contribution in [0.5, 0.6) is 0 Å². The van der Waals surface area contributed by atoms with E-state index in [1.54, 1.807) is 52.8 Å². The van der Waals surface area contributed by atoms with E-state index in [2.05, 4.69) is 4.98 Å². The Balaban J connectivity index is 1.98. The van der Waals surface area contributed by atoms with Crippen LogP contribution in [-0.2, 0) is 37.4 Å². The second-order valence-corrected chi connectivity index (χ2v) is 14.3. The number of esters is 1. The predicted octanol–water partition coefficient (Wildman–Crippen LogP) is 7.63. The molecule has 0 unspecified atom stereocenters. The molecule has 0 N–H and O–H groups in total. The number of halogens is 2. The maximum absolute atomic E-state index is 14.2. The van der Waals surface area contributed by atoms with Gasteiger partial charge in [-0.05, 0) is 86.7 Å². The zero-order valence-electron chi connectivity index (χ0n) is 26.8. The number of nitro benzene ring substituents is 1. The smallest absolute Gasteiger partial charge is 0.340 e. The Hall–Kier alpha value is -4.39. The maximum Gasteiger partial charge on any atom is 0.340 e. The predicted molar refractivity (Wildman–Crippen MR) is 178 cm³/mol. The number of nitro groups is 1. The van der Waals surface area contributed by atoms with E-state index in [1.807, 2.05) is 30.3 Å². The number of ether oxygens (including phenoxy) is 2. The van der Waals surface area contributed by atoms with Crippen LogP contribution in [0.2, 0.25) is 5.15 Å². The van der Waals surface area contributed by atoms with E-state index in [4.69, 9.17) is 21.1 Å². The summed E-state index contributed by atoms with van der Waals surface area (Å²) in [6, 6.07) is 17.6. The normalized spacial score (nSPS) is 12.4. The van der Waals surface area contributed by atoms with Crippen molar-refractivity contribution in [3.05, 3.63) is 122 Å². The number of aromatic nitrogens is 1. The summed E-state index contributed by atoms with van der Waals surface area (Å²) in [6.07, 6.45) is 0.575. The number of benzene rings is 3. The molecule has 0 aliphatic heterocycles. The van der Waals surface area contributed by atoms with Crippen molar-refractivity contribution in [3.8, 4) is 11.1 Å². The van der Waals surface area contributed by atoms with Crippen LogP contribution in [-0.4, -0.2) is 36.2 Å². The number of hydrogen-bond acceptors (Lipinski definition) is 8. The quantitative estimate of drug-likeness (QED) is 0.0683. The Morgan fingerprint density at radius 1 is 1.09 bits per heavy atom. The number of hydrogen-bond donors (Lipinski definition) is 0. The summed E-state index contributed by atoms with van der Waals surface area (Å²) in [7, 11) is -4.03. The highest BCUT2D eigenvalue weighted by molar-refractivity contribution is 7.92. The molecule has 0 saturated heterocycles. The van der Waals surface area contributed by atoms with Gasteiger partial charge in [-0.2, -0.15) is 0 Å². The molecule has 13 heteroatoms. The summed E-state index contributed by atoms with van der Waals surface area (Å²) in [5.74, 6) is -1.42. The topological polar surface area (TPSA) is 129 Å². The van der Waals surface area contributed by atoms with Crippen LogP contribution in [0.25, 0.3) is 11.1 Å². The maximum atomic E-state index is 14.2. The van der Waals surface area contributed by atoms with Crippen molar-refractivity contribution in [2.75, 3.05) is 10.6 Å². The van der Waals surface area contributed by atoms with Crippen molar-refractivity contribution in [1.82, 2.24) is 4.98 Å². The van der Waals surface area contributed by atoms with E-state index >= 15 is 0 Å². The van der Waals surface area contributed by atoms with E-state index < -0.39 is 38.4 Å². The summed E-state index contributed by atoms with van der Waals surface area (Å²) < 4.78 is 54.0. The number of anilines is 1. The zero-order chi connectivity index (χ0) is 34.7. The molecular formula is C34H35ClFN3O7S. The first kappa shape index (κ1) is 35.5. The first-order valence-electron chi connectivity index (χ1n) is 14.5. The number of pyridine rings is 1. The summed E-state index contributed by atoms with van der Waals surface area (Å²) in [5, 5.41) is 11.3. The molecule has 0 radical (unpaired) electrons. The minimum Gasteiger partial charge on any atom is -0.459 e. The van der Waals surface area contributed by atoms with E-state index in [-0.39, 0.29) is 35.2 Å². The van der Waals surface area contributed by atoms with Crippen molar-refractivity contribution in [1.29, 1.82) is 0 Å². The molecule has 1 heterocycles.